The van der Waals surface area contributed by atoms with Crippen LogP contribution in [0.3, 0.4) is 0 Å². The number of aromatic nitrogens is 1. The Morgan fingerprint density at radius 2 is 1.79 bits per heavy atom. The fraction of sp³-hybridized carbons (Fsp3) is 0.688. The van der Waals surface area contributed by atoms with Gasteiger partial charge in [-0.3, -0.25) is 0 Å². The fourth-order valence-electron chi connectivity index (χ4n) is 1.95. The molecule has 0 aliphatic rings. The maximum absolute atomic E-state index is 9.17. The number of hydrogen-bond donors (Lipinski definition) is 2. The zero-order chi connectivity index (χ0) is 14.7. The molecule has 0 saturated heterocycles. The van der Waals surface area contributed by atoms with Crippen LogP contribution < -0.4 is 5.32 Å². The molecule has 0 fully saturated rings. The molecule has 1 atom stereocenters. The molecule has 0 bridgehead atoms. The first-order valence-corrected chi connectivity index (χ1v) is 6.98. The molecule has 1 aromatic rings. The van der Waals surface area contributed by atoms with E-state index in [0.29, 0.717) is 0 Å². The zero-order valence-corrected chi connectivity index (χ0v) is 13.1. The van der Waals surface area contributed by atoms with Crippen molar-refractivity contribution in [3.63, 3.8) is 0 Å². The minimum atomic E-state index is 0.0904. The van der Waals surface area contributed by atoms with Crippen LogP contribution in [0.25, 0.3) is 0 Å². The van der Waals surface area contributed by atoms with Crippen molar-refractivity contribution < 1.29 is 5.11 Å². The fourth-order valence-corrected chi connectivity index (χ4v) is 1.95. The minimum Gasteiger partial charge on any atom is -0.396 e. The third-order valence-corrected chi connectivity index (χ3v) is 3.41. The lowest BCUT2D eigenvalue weighted by Crippen LogP contribution is -2.35. The Hall–Kier alpha value is -1.09. The van der Waals surface area contributed by atoms with E-state index in [-0.39, 0.29) is 23.5 Å². The van der Waals surface area contributed by atoms with Gasteiger partial charge in [0.2, 0.25) is 0 Å². The van der Waals surface area contributed by atoms with Crippen molar-refractivity contribution in [3.8, 4) is 0 Å². The summed E-state index contributed by atoms with van der Waals surface area (Å²) in [6, 6.07) is 4.36. The molecule has 0 aromatic carbocycles. The van der Waals surface area contributed by atoms with E-state index in [1.165, 1.54) is 5.56 Å². The highest BCUT2D eigenvalue weighted by molar-refractivity contribution is 5.38. The van der Waals surface area contributed by atoms with Crippen LogP contribution in [0.5, 0.6) is 0 Å². The lowest BCUT2D eigenvalue weighted by molar-refractivity contribution is 0.235. The van der Waals surface area contributed by atoms with Crippen LogP contribution in [0.15, 0.2) is 18.3 Å². The van der Waals surface area contributed by atoms with Crippen LogP contribution in [0.1, 0.15) is 53.5 Å². The highest BCUT2D eigenvalue weighted by Crippen LogP contribution is 2.26. The van der Waals surface area contributed by atoms with Crippen LogP contribution in [-0.4, -0.2) is 22.7 Å². The second kappa shape index (κ2) is 5.91. The first kappa shape index (κ1) is 16.0. The van der Waals surface area contributed by atoms with E-state index in [4.69, 9.17) is 5.11 Å². The normalized spacial score (nSPS) is 14.3. The number of aliphatic hydroxyl groups excluding tert-OH is 1. The Kier molecular flexibility index (Phi) is 4.97. The van der Waals surface area contributed by atoms with E-state index >= 15 is 0 Å². The predicted octanol–water partition coefficient (Wildman–Crippen LogP) is 3.59. The summed E-state index contributed by atoms with van der Waals surface area (Å²) in [5.74, 6) is 0.876. The SMILES string of the molecule is CC(C)(C)c1ccc(NC(CCO)C(C)(C)C)nc1. The quantitative estimate of drug-likeness (QED) is 0.873. The molecular weight excluding hydrogens is 236 g/mol. The molecule has 2 N–H and O–H groups in total. The monoisotopic (exact) mass is 264 g/mol. The van der Waals surface area contributed by atoms with Gasteiger partial charge in [-0.25, -0.2) is 4.98 Å². The molecule has 1 heterocycles. The van der Waals surface area contributed by atoms with Gasteiger partial charge in [-0.2, -0.15) is 0 Å². The third-order valence-electron chi connectivity index (χ3n) is 3.41. The van der Waals surface area contributed by atoms with E-state index in [9.17, 15) is 0 Å². The van der Waals surface area contributed by atoms with Gasteiger partial charge >= 0.3 is 0 Å². The van der Waals surface area contributed by atoms with Crippen molar-refractivity contribution in [2.75, 3.05) is 11.9 Å². The van der Waals surface area contributed by atoms with E-state index in [1.54, 1.807) is 0 Å². The summed E-state index contributed by atoms with van der Waals surface area (Å²) in [5.41, 5.74) is 1.44. The molecule has 0 radical (unpaired) electrons. The lowest BCUT2D eigenvalue weighted by Gasteiger charge is -2.31. The summed E-state index contributed by atoms with van der Waals surface area (Å²) in [5, 5.41) is 12.6. The number of nitrogens with zero attached hydrogens (tertiary/aromatic N) is 1. The standard InChI is InChI=1S/C16H28N2O/c1-15(2,3)12-7-8-14(17-11-12)18-13(9-10-19)16(4,5)6/h7-8,11,13,19H,9-10H2,1-6H3,(H,17,18). The summed E-state index contributed by atoms with van der Waals surface area (Å²) < 4.78 is 0. The van der Waals surface area contributed by atoms with Gasteiger partial charge in [0.15, 0.2) is 0 Å². The van der Waals surface area contributed by atoms with Gasteiger partial charge in [0.1, 0.15) is 5.82 Å². The highest BCUT2D eigenvalue weighted by atomic mass is 16.3. The van der Waals surface area contributed by atoms with Crippen LogP contribution in [-0.2, 0) is 5.41 Å². The lowest BCUT2D eigenvalue weighted by atomic mass is 9.85. The molecule has 1 rings (SSSR count). The third kappa shape index (κ3) is 4.83. The summed E-state index contributed by atoms with van der Waals surface area (Å²) in [6.45, 7) is 13.2. The predicted molar refractivity (Wildman–Crippen MR) is 81.5 cm³/mol. The molecule has 3 heteroatoms. The maximum atomic E-state index is 9.17. The minimum absolute atomic E-state index is 0.0904. The molecule has 0 aliphatic carbocycles. The number of hydrogen-bond acceptors (Lipinski definition) is 3. The molecule has 0 aliphatic heterocycles. The maximum Gasteiger partial charge on any atom is 0.126 e. The van der Waals surface area contributed by atoms with Crippen molar-refractivity contribution in [2.45, 2.75) is 59.4 Å². The van der Waals surface area contributed by atoms with Gasteiger partial charge in [-0.15, -0.1) is 0 Å². The first-order chi connectivity index (χ1) is 8.64. The van der Waals surface area contributed by atoms with Crippen LogP contribution in [0.4, 0.5) is 5.82 Å². The van der Waals surface area contributed by atoms with Crippen LogP contribution in [0, 0.1) is 5.41 Å². The number of pyridine rings is 1. The average Bonchev–Trinajstić information content (AvgIpc) is 2.26. The smallest absolute Gasteiger partial charge is 0.126 e. The van der Waals surface area contributed by atoms with E-state index in [0.717, 1.165) is 12.2 Å². The summed E-state index contributed by atoms with van der Waals surface area (Å²) in [6.07, 6.45) is 2.66. The summed E-state index contributed by atoms with van der Waals surface area (Å²) in [7, 11) is 0. The second-order valence-electron chi connectivity index (χ2n) is 7.26. The van der Waals surface area contributed by atoms with Gasteiger partial charge in [0, 0.05) is 18.8 Å². The van der Waals surface area contributed by atoms with Crippen molar-refractivity contribution in [2.24, 2.45) is 5.41 Å². The molecule has 1 aromatic heterocycles. The molecular formula is C16H28N2O. The average molecular weight is 264 g/mol. The molecule has 0 saturated carbocycles. The number of rotatable bonds is 4. The molecule has 0 spiro atoms. The van der Waals surface area contributed by atoms with Crippen molar-refractivity contribution in [1.29, 1.82) is 0 Å². The molecule has 3 nitrogen and oxygen atoms in total. The van der Waals surface area contributed by atoms with Crippen LogP contribution >= 0.6 is 0 Å². The van der Waals surface area contributed by atoms with E-state index in [2.05, 4.69) is 57.9 Å². The Bertz CT molecular complexity index is 385. The zero-order valence-electron chi connectivity index (χ0n) is 13.1. The number of aliphatic hydroxyl groups is 1. The topological polar surface area (TPSA) is 45.1 Å². The summed E-state index contributed by atoms with van der Waals surface area (Å²) in [4.78, 5) is 4.49. The molecule has 19 heavy (non-hydrogen) atoms. The van der Waals surface area contributed by atoms with E-state index in [1.807, 2.05) is 12.3 Å². The Morgan fingerprint density at radius 3 is 2.16 bits per heavy atom. The van der Waals surface area contributed by atoms with Gasteiger partial charge in [-0.1, -0.05) is 47.6 Å². The molecule has 0 amide bonds. The van der Waals surface area contributed by atoms with Gasteiger partial charge in [0.25, 0.3) is 0 Å². The van der Waals surface area contributed by atoms with Crippen molar-refractivity contribution in [1.82, 2.24) is 4.98 Å². The van der Waals surface area contributed by atoms with Gasteiger partial charge < -0.3 is 10.4 Å². The Balaban J connectivity index is 2.81. The number of anilines is 1. The Morgan fingerprint density at radius 1 is 1.16 bits per heavy atom. The first-order valence-electron chi connectivity index (χ1n) is 6.98. The van der Waals surface area contributed by atoms with Crippen LogP contribution in [0.2, 0.25) is 0 Å². The largest absolute Gasteiger partial charge is 0.396 e. The van der Waals surface area contributed by atoms with E-state index < -0.39 is 0 Å². The Labute approximate surface area is 117 Å². The van der Waals surface area contributed by atoms with Gasteiger partial charge in [-0.05, 0) is 28.9 Å². The highest BCUT2D eigenvalue weighted by Gasteiger charge is 2.24. The number of nitrogens with one attached hydrogen (secondary N) is 1. The molecule has 1 unspecified atom stereocenters. The summed E-state index contributed by atoms with van der Waals surface area (Å²) >= 11 is 0. The van der Waals surface area contributed by atoms with Crippen molar-refractivity contribution >= 4 is 5.82 Å². The second-order valence-corrected chi connectivity index (χ2v) is 7.26. The van der Waals surface area contributed by atoms with Crippen molar-refractivity contribution in [3.05, 3.63) is 23.9 Å². The molecule has 108 valence electrons. The van der Waals surface area contributed by atoms with Gasteiger partial charge in [0.05, 0.1) is 0 Å².